The van der Waals surface area contributed by atoms with Gasteiger partial charge in [0.15, 0.2) is 4.80 Å². The molecule has 0 unspecified atom stereocenters. The molecule has 0 aliphatic carbocycles. The molecule has 0 N–H and O–H groups in total. The highest BCUT2D eigenvalue weighted by Gasteiger charge is 2.33. The maximum absolute atomic E-state index is 14.3. The van der Waals surface area contributed by atoms with E-state index in [1.807, 2.05) is 85.9 Å². The summed E-state index contributed by atoms with van der Waals surface area (Å²) >= 11 is 1.26. The van der Waals surface area contributed by atoms with E-state index in [-0.39, 0.29) is 17.7 Å². The Labute approximate surface area is 269 Å². The maximum atomic E-state index is 14.3. The summed E-state index contributed by atoms with van der Waals surface area (Å²) in [6.07, 6.45) is 5.24. The predicted octanol–water partition coefficient (Wildman–Crippen LogP) is 5.22. The van der Waals surface area contributed by atoms with Crippen molar-refractivity contribution in [3.63, 3.8) is 0 Å². The minimum Gasteiger partial charge on any atom is -0.497 e. The van der Waals surface area contributed by atoms with Gasteiger partial charge in [-0.2, -0.15) is 5.10 Å². The quantitative estimate of drug-likeness (QED) is 0.155. The molecule has 3 aromatic carbocycles. The zero-order chi connectivity index (χ0) is 32.2. The van der Waals surface area contributed by atoms with Crippen molar-refractivity contribution in [1.82, 2.24) is 14.3 Å². The minimum atomic E-state index is -0.751. The van der Waals surface area contributed by atoms with Gasteiger partial charge in [0, 0.05) is 17.3 Å². The van der Waals surface area contributed by atoms with Crippen molar-refractivity contribution >= 4 is 23.4 Å². The van der Waals surface area contributed by atoms with Crippen LogP contribution < -0.4 is 24.4 Å². The van der Waals surface area contributed by atoms with Crippen LogP contribution in [0.2, 0.25) is 0 Å². The van der Waals surface area contributed by atoms with E-state index in [0.717, 1.165) is 28.1 Å². The molecule has 0 radical (unpaired) electrons. The lowest BCUT2D eigenvalue weighted by Gasteiger charge is -2.24. The van der Waals surface area contributed by atoms with E-state index in [1.54, 1.807) is 35.4 Å². The number of carbonyl (C=O) groups excluding carboxylic acids is 1. The Balaban J connectivity index is 1.52. The second kappa shape index (κ2) is 13.3. The number of ether oxygens (including phenoxy) is 3. The van der Waals surface area contributed by atoms with Gasteiger partial charge < -0.3 is 14.2 Å². The third-order valence-electron chi connectivity index (χ3n) is 7.49. The predicted molar refractivity (Wildman–Crippen MR) is 178 cm³/mol. The van der Waals surface area contributed by atoms with Gasteiger partial charge in [-0.15, -0.1) is 0 Å². The number of benzene rings is 3. The number of methoxy groups -OCH3 is 1. The fourth-order valence-corrected chi connectivity index (χ4v) is 6.38. The lowest BCUT2D eigenvalue weighted by Crippen LogP contribution is -2.39. The molecule has 46 heavy (non-hydrogen) atoms. The molecule has 0 spiro atoms. The number of esters is 1. The number of para-hydroxylation sites is 1. The first-order valence-corrected chi connectivity index (χ1v) is 15.6. The van der Waals surface area contributed by atoms with Crippen LogP contribution in [0, 0.1) is 0 Å². The van der Waals surface area contributed by atoms with E-state index in [2.05, 4.69) is 6.58 Å². The fraction of sp³-hybridized carbons (Fsp3) is 0.167. The van der Waals surface area contributed by atoms with Crippen LogP contribution >= 0.6 is 11.3 Å². The van der Waals surface area contributed by atoms with Crippen LogP contribution in [0.4, 0.5) is 0 Å². The Morgan fingerprint density at radius 3 is 2.41 bits per heavy atom. The Bertz CT molecular complexity index is 2110. The van der Waals surface area contributed by atoms with Crippen molar-refractivity contribution in [2.24, 2.45) is 4.99 Å². The van der Waals surface area contributed by atoms with Crippen molar-refractivity contribution in [2.75, 3.05) is 20.3 Å². The summed E-state index contributed by atoms with van der Waals surface area (Å²) < 4.78 is 20.2. The van der Waals surface area contributed by atoms with Crippen molar-refractivity contribution < 1.29 is 19.0 Å². The van der Waals surface area contributed by atoms with Gasteiger partial charge in [-0.05, 0) is 74.0 Å². The molecule has 0 bridgehead atoms. The van der Waals surface area contributed by atoms with E-state index in [1.165, 1.54) is 17.4 Å². The summed E-state index contributed by atoms with van der Waals surface area (Å²) in [7, 11) is 1.59. The van der Waals surface area contributed by atoms with Gasteiger partial charge in [-0.25, -0.2) is 14.5 Å². The Kier molecular flexibility index (Phi) is 8.80. The molecule has 1 aliphatic heterocycles. The molecular weight excluding hydrogens is 600 g/mol. The normalized spacial score (nSPS) is 14.4. The Morgan fingerprint density at radius 2 is 1.74 bits per heavy atom. The van der Waals surface area contributed by atoms with Crippen molar-refractivity contribution in [2.45, 2.75) is 19.9 Å². The lowest BCUT2D eigenvalue weighted by atomic mass is 9.96. The summed E-state index contributed by atoms with van der Waals surface area (Å²) in [5.74, 6) is 0.864. The monoisotopic (exact) mass is 632 g/mol. The number of allylic oxidation sites excluding steroid dienone is 1. The summed E-state index contributed by atoms with van der Waals surface area (Å²) in [4.78, 5) is 32.8. The summed E-state index contributed by atoms with van der Waals surface area (Å²) in [5, 5.41) is 4.92. The second-order valence-corrected chi connectivity index (χ2v) is 11.4. The molecule has 1 atom stereocenters. The van der Waals surface area contributed by atoms with E-state index < -0.39 is 12.0 Å². The summed E-state index contributed by atoms with van der Waals surface area (Å²) in [6, 6.07) is 24.0. The highest BCUT2D eigenvalue weighted by atomic mass is 32.1. The number of thiazole rings is 1. The molecule has 0 amide bonds. The second-order valence-electron chi connectivity index (χ2n) is 10.4. The number of hydrogen-bond donors (Lipinski definition) is 0. The van der Waals surface area contributed by atoms with Crippen LogP contribution in [0.5, 0.6) is 11.5 Å². The molecule has 1 aliphatic rings. The summed E-state index contributed by atoms with van der Waals surface area (Å²) in [6.45, 7) is 7.95. The van der Waals surface area contributed by atoms with Crippen LogP contribution in [-0.4, -0.2) is 40.6 Å². The van der Waals surface area contributed by atoms with Gasteiger partial charge in [-0.1, -0.05) is 54.3 Å². The number of hydrogen-bond acceptors (Lipinski definition) is 8. The molecule has 2 aromatic heterocycles. The fourth-order valence-electron chi connectivity index (χ4n) is 5.34. The van der Waals surface area contributed by atoms with Gasteiger partial charge >= 0.3 is 5.97 Å². The highest BCUT2D eigenvalue weighted by Crippen LogP contribution is 2.32. The van der Waals surface area contributed by atoms with Gasteiger partial charge in [0.25, 0.3) is 5.56 Å². The third-order valence-corrected chi connectivity index (χ3v) is 8.48. The van der Waals surface area contributed by atoms with E-state index in [0.29, 0.717) is 33.1 Å². The molecule has 0 saturated heterocycles. The molecule has 6 rings (SSSR count). The Morgan fingerprint density at radius 1 is 1.02 bits per heavy atom. The topological polar surface area (TPSA) is 96.9 Å². The number of fused-ring (bicyclic) bond motifs is 1. The van der Waals surface area contributed by atoms with Crippen molar-refractivity contribution in [3.8, 4) is 28.4 Å². The number of nitrogens with zero attached hydrogens (tertiary/aromatic N) is 4. The largest absolute Gasteiger partial charge is 0.497 e. The van der Waals surface area contributed by atoms with E-state index in [9.17, 15) is 9.59 Å². The summed E-state index contributed by atoms with van der Waals surface area (Å²) in [5.41, 5.74) is 4.42. The number of aromatic nitrogens is 3. The van der Waals surface area contributed by atoms with Gasteiger partial charge in [0.1, 0.15) is 23.8 Å². The maximum Gasteiger partial charge on any atom is 0.338 e. The first kappa shape index (κ1) is 30.5. The smallest absolute Gasteiger partial charge is 0.338 e. The van der Waals surface area contributed by atoms with Crippen molar-refractivity contribution in [1.29, 1.82) is 0 Å². The van der Waals surface area contributed by atoms with Gasteiger partial charge in [0.2, 0.25) is 0 Å². The van der Waals surface area contributed by atoms with Gasteiger partial charge in [-0.3, -0.25) is 9.36 Å². The zero-order valence-electron chi connectivity index (χ0n) is 25.7. The molecule has 232 valence electrons. The third kappa shape index (κ3) is 5.94. The van der Waals surface area contributed by atoms with Crippen LogP contribution in [0.25, 0.3) is 23.0 Å². The highest BCUT2D eigenvalue weighted by molar-refractivity contribution is 7.07. The molecule has 9 nitrogen and oxygen atoms in total. The lowest BCUT2D eigenvalue weighted by molar-refractivity contribution is -0.138. The van der Waals surface area contributed by atoms with Crippen LogP contribution in [0.15, 0.2) is 119 Å². The van der Waals surface area contributed by atoms with Crippen LogP contribution in [0.3, 0.4) is 0 Å². The average molecular weight is 633 g/mol. The average Bonchev–Trinajstić information content (AvgIpc) is 3.64. The van der Waals surface area contributed by atoms with E-state index >= 15 is 0 Å². The number of carbonyl (C=O) groups is 1. The molecule has 0 fully saturated rings. The van der Waals surface area contributed by atoms with E-state index in [4.69, 9.17) is 24.3 Å². The van der Waals surface area contributed by atoms with Crippen LogP contribution in [-0.2, 0) is 9.53 Å². The van der Waals surface area contributed by atoms with Crippen molar-refractivity contribution in [3.05, 3.63) is 140 Å². The number of rotatable bonds is 10. The molecule has 10 heteroatoms. The van der Waals surface area contributed by atoms with Gasteiger partial charge in [0.05, 0.1) is 41.2 Å². The molecule has 3 heterocycles. The SMILES string of the molecule is C=CCOC(=O)C1=C(C)N=c2s/c(=C/c3cn(-c4ccccc4)nc3-c3ccc(OCC)cc3)c(=O)n2[C@@H]1c1ccc(OC)cc1. The first-order chi connectivity index (χ1) is 22.4. The molecule has 5 aromatic rings. The minimum absolute atomic E-state index is 0.0368. The Hall–Kier alpha value is -5.48. The standard InChI is InChI=1S/C36H32N4O5S/c1-5-20-45-35(42)31-23(3)37-36-40(33(31)25-14-16-28(43-4)17-15-25)34(41)30(46-36)21-26-22-39(27-10-8-7-9-11-27)38-32(26)24-12-18-29(19-13-24)44-6-2/h5,7-19,21-22,33H,1,6,20H2,2-4H3/b30-21+/t33-/m1/s1. The molecular formula is C36H32N4O5S. The zero-order valence-corrected chi connectivity index (χ0v) is 26.5. The molecule has 0 saturated carbocycles. The van der Waals surface area contributed by atoms with Crippen LogP contribution in [0.1, 0.15) is 31.0 Å². The first-order valence-electron chi connectivity index (χ1n) is 14.7.